The minimum Gasteiger partial charge on any atom is -0.472 e. The maximum Gasteiger partial charge on any atom is 0.223 e. The molecule has 0 aliphatic heterocycles. The minimum atomic E-state index is 0.114. The SMILES string of the molecule is C=CCCC(=O)N(CCOC)Cc1ccoc1. The van der Waals surface area contributed by atoms with Gasteiger partial charge in [-0.15, -0.1) is 6.58 Å². The lowest BCUT2D eigenvalue weighted by atomic mass is 10.2. The van der Waals surface area contributed by atoms with Gasteiger partial charge >= 0.3 is 0 Å². The molecule has 0 saturated heterocycles. The van der Waals surface area contributed by atoms with E-state index in [1.807, 2.05) is 6.07 Å². The van der Waals surface area contributed by atoms with E-state index in [9.17, 15) is 4.79 Å². The second-order valence-corrected chi connectivity index (χ2v) is 3.77. The van der Waals surface area contributed by atoms with Crippen LogP contribution in [0.2, 0.25) is 0 Å². The first-order valence-corrected chi connectivity index (χ1v) is 5.66. The van der Waals surface area contributed by atoms with Gasteiger partial charge in [0.05, 0.1) is 19.1 Å². The molecule has 0 fully saturated rings. The molecule has 1 aromatic heterocycles. The van der Waals surface area contributed by atoms with E-state index in [0.717, 1.165) is 5.56 Å². The molecule has 94 valence electrons. The number of nitrogens with zero attached hydrogens (tertiary/aromatic N) is 1. The number of rotatable bonds is 8. The Bertz CT molecular complexity index is 332. The standard InChI is InChI=1S/C13H19NO3/c1-3-4-5-13(15)14(7-9-16-2)10-12-6-8-17-11-12/h3,6,8,11H,1,4-5,7,9-10H2,2H3. The van der Waals surface area contributed by atoms with Crippen LogP contribution in [0.5, 0.6) is 0 Å². The molecule has 17 heavy (non-hydrogen) atoms. The molecule has 0 bridgehead atoms. The van der Waals surface area contributed by atoms with E-state index in [1.165, 1.54) is 0 Å². The number of carbonyl (C=O) groups excluding carboxylic acids is 1. The van der Waals surface area contributed by atoms with Crippen molar-refractivity contribution in [1.82, 2.24) is 4.90 Å². The zero-order chi connectivity index (χ0) is 12.5. The summed E-state index contributed by atoms with van der Waals surface area (Å²) in [5, 5.41) is 0. The molecular formula is C13H19NO3. The van der Waals surface area contributed by atoms with Crippen molar-refractivity contribution in [2.45, 2.75) is 19.4 Å². The third kappa shape index (κ3) is 4.87. The van der Waals surface area contributed by atoms with E-state index in [0.29, 0.717) is 32.5 Å². The average molecular weight is 237 g/mol. The van der Waals surface area contributed by atoms with Gasteiger partial charge in [0.1, 0.15) is 0 Å². The van der Waals surface area contributed by atoms with E-state index in [1.54, 1.807) is 30.6 Å². The summed E-state index contributed by atoms with van der Waals surface area (Å²) in [5.41, 5.74) is 0.994. The lowest BCUT2D eigenvalue weighted by Gasteiger charge is -2.21. The molecule has 1 aromatic rings. The molecule has 1 amide bonds. The van der Waals surface area contributed by atoms with Gasteiger partial charge in [-0.1, -0.05) is 6.08 Å². The molecule has 0 aliphatic rings. The van der Waals surface area contributed by atoms with Gasteiger partial charge < -0.3 is 14.1 Å². The molecule has 0 spiro atoms. The van der Waals surface area contributed by atoms with Gasteiger partial charge in [-0.2, -0.15) is 0 Å². The van der Waals surface area contributed by atoms with Crippen LogP contribution in [0.3, 0.4) is 0 Å². The first-order chi connectivity index (χ1) is 8.27. The summed E-state index contributed by atoms with van der Waals surface area (Å²) in [6.45, 7) is 5.32. The van der Waals surface area contributed by atoms with Gasteiger partial charge in [-0.25, -0.2) is 0 Å². The van der Waals surface area contributed by atoms with Crippen molar-refractivity contribution in [2.24, 2.45) is 0 Å². The van der Waals surface area contributed by atoms with Crippen molar-refractivity contribution >= 4 is 5.91 Å². The van der Waals surface area contributed by atoms with Gasteiger partial charge in [0, 0.05) is 32.2 Å². The van der Waals surface area contributed by atoms with Crippen LogP contribution in [-0.2, 0) is 16.1 Å². The van der Waals surface area contributed by atoms with Crippen LogP contribution in [0, 0.1) is 0 Å². The summed E-state index contributed by atoms with van der Waals surface area (Å²) in [6.07, 6.45) is 6.21. The topological polar surface area (TPSA) is 42.7 Å². The lowest BCUT2D eigenvalue weighted by molar-refractivity contribution is -0.132. The number of hydrogen-bond donors (Lipinski definition) is 0. The highest BCUT2D eigenvalue weighted by Crippen LogP contribution is 2.08. The highest BCUT2D eigenvalue weighted by Gasteiger charge is 2.13. The Morgan fingerprint density at radius 3 is 3.06 bits per heavy atom. The Morgan fingerprint density at radius 2 is 2.47 bits per heavy atom. The number of ether oxygens (including phenoxy) is 1. The van der Waals surface area contributed by atoms with Crippen molar-refractivity contribution < 1.29 is 13.9 Å². The fourth-order valence-corrected chi connectivity index (χ4v) is 1.48. The predicted octanol–water partition coefficient (Wildman–Crippen LogP) is 2.22. The zero-order valence-electron chi connectivity index (χ0n) is 10.2. The van der Waals surface area contributed by atoms with Crippen LogP contribution in [0.1, 0.15) is 18.4 Å². The normalized spacial score (nSPS) is 10.2. The monoisotopic (exact) mass is 237 g/mol. The quantitative estimate of drug-likeness (QED) is 0.651. The zero-order valence-corrected chi connectivity index (χ0v) is 10.2. The number of allylic oxidation sites excluding steroid dienone is 1. The van der Waals surface area contributed by atoms with E-state index in [4.69, 9.17) is 9.15 Å². The van der Waals surface area contributed by atoms with Crippen LogP contribution in [0.4, 0.5) is 0 Å². The number of methoxy groups -OCH3 is 1. The summed E-state index contributed by atoms with van der Waals surface area (Å²) in [7, 11) is 1.63. The molecular weight excluding hydrogens is 218 g/mol. The number of hydrogen-bond acceptors (Lipinski definition) is 3. The highest BCUT2D eigenvalue weighted by atomic mass is 16.5. The maximum atomic E-state index is 11.9. The van der Waals surface area contributed by atoms with Crippen LogP contribution in [0.25, 0.3) is 0 Å². The van der Waals surface area contributed by atoms with E-state index < -0.39 is 0 Å². The Balaban J connectivity index is 2.52. The molecule has 0 unspecified atom stereocenters. The maximum absolute atomic E-state index is 11.9. The van der Waals surface area contributed by atoms with Crippen molar-refractivity contribution in [3.05, 3.63) is 36.8 Å². The number of amides is 1. The van der Waals surface area contributed by atoms with Crippen LogP contribution in [-0.4, -0.2) is 31.1 Å². The van der Waals surface area contributed by atoms with Crippen molar-refractivity contribution in [3.63, 3.8) is 0 Å². The van der Waals surface area contributed by atoms with Crippen molar-refractivity contribution in [1.29, 1.82) is 0 Å². The highest BCUT2D eigenvalue weighted by molar-refractivity contribution is 5.76. The van der Waals surface area contributed by atoms with E-state index in [2.05, 4.69) is 6.58 Å². The van der Waals surface area contributed by atoms with Gasteiger partial charge in [0.25, 0.3) is 0 Å². The van der Waals surface area contributed by atoms with Crippen molar-refractivity contribution in [3.8, 4) is 0 Å². The molecule has 0 N–H and O–H groups in total. The molecule has 0 atom stereocenters. The Kier molecular flexibility index (Phi) is 6.10. The van der Waals surface area contributed by atoms with Gasteiger partial charge in [0.2, 0.25) is 5.91 Å². The van der Waals surface area contributed by atoms with Gasteiger partial charge in [-0.3, -0.25) is 4.79 Å². The lowest BCUT2D eigenvalue weighted by Crippen LogP contribution is -2.33. The molecule has 4 heteroatoms. The summed E-state index contributed by atoms with van der Waals surface area (Å²) in [6, 6.07) is 1.86. The summed E-state index contributed by atoms with van der Waals surface area (Å²) in [5.74, 6) is 0.114. The molecule has 0 aliphatic carbocycles. The van der Waals surface area contributed by atoms with Crippen LogP contribution < -0.4 is 0 Å². The van der Waals surface area contributed by atoms with E-state index >= 15 is 0 Å². The summed E-state index contributed by atoms with van der Waals surface area (Å²) in [4.78, 5) is 13.7. The smallest absolute Gasteiger partial charge is 0.223 e. The van der Waals surface area contributed by atoms with Crippen molar-refractivity contribution in [2.75, 3.05) is 20.3 Å². The fourth-order valence-electron chi connectivity index (χ4n) is 1.48. The Hall–Kier alpha value is -1.55. The van der Waals surface area contributed by atoms with Crippen LogP contribution in [0.15, 0.2) is 35.7 Å². The summed E-state index contributed by atoms with van der Waals surface area (Å²) >= 11 is 0. The first kappa shape index (κ1) is 13.5. The molecule has 1 heterocycles. The van der Waals surface area contributed by atoms with Crippen LogP contribution >= 0.6 is 0 Å². The van der Waals surface area contributed by atoms with Gasteiger partial charge in [0.15, 0.2) is 0 Å². The minimum absolute atomic E-state index is 0.114. The first-order valence-electron chi connectivity index (χ1n) is 5.66. The number of furan rings is 1. The Labute approximate surface area is 102 Å². The molecule has 0 radical (unpaired) electrons. The Morgan fingerprint density at radius 1 is 1.65 bits per heavy atom. The molecule has 1 rings (SSSR count). The number of carbonyl (C=O) groups is 1. The second-order valence-electron chi connectivity index (χ2n) is 3.77. The fraction of sp³-hybridized carbons (Fsp3) is 0.462. The third-order valence-corrected chi connectivity index (χ3v) is 2.43. The average Bonchev–Trinajstić information content (AvgIpc) is 2.84. The predicted molar refractivity (Wildman–Crippen MR) is 65.4 cm³/mol. The van der Waals surface area contributed by atoms with Gasteiger partial charge in [-0.05, 0) is 12.5 Å². The molecule has 0 saturated carbocycles. The largest absolute Gasteiger partial charge is 0.472 e. The summed E-state index contributed by atoms with van der Waals surface area (Å²) < 4.78 is 10.0. The second kappa shape index (κ2) is 7.68. The molecule has 0 aromatic carbocycles. The molecule has 4 nitrogen and oxygen atoms in total. The third-order valence-electron chi connectivity index (χ3n) is 2.43. The van der Waals surface area contributed by atoms with E-state index in [-0.39, 0.29) is 5.91 Å².